The van der Waals surface area contributed by atoms with Crippen molar-refractivity contribution in [3.05, 3.63) is 0 Å². The first kappa shape index (κ1) is 14.5. The Balaban J connectivity index is 2.02. The number of nitrogens with two attached hydrogens (primary N) is 1. The van der Waals surface area contributed by atoms with Gasteiger partial charge in [-0.1, -0.05) is 51.9 Å². The van der Waals surface area contributed by atoms with Crippen LogP contribution in [0.3, 0.4) is 0 Å². The number of carboxylic acid groups (broad SMARTS) is 1. The van der Waals surface area contributed by atoms with Crippen LogP contribution in [0.1, 0.15) is 64.7 Å². The molecule has 0 aromatic rings. The monoisotopic (exact) mass is 241 g/mol. The van der Waals surface area contributed by atoms with E-state index in [0.717, 1.165) is 12.3 Å². The first-order chi connectivity index (χ1) is 8.09. The van der Waals surface area contributed by atoms with Crippen LogP contribution >= 0.6 is 0 Å². The summed E-state index contributed by atoms with van der Waals surface area (Å²) in [5.41, 5.74) is 5.84. The van der Waals surface area contributed by atoms with Gasteiger partial charge in [0.15, 0.2) is 0 Å². The lowest BCUT2D eigenvalue weighted by atomic mass is 9.92. The van der Waals surface area contributed by atoms with E-state index in [-0.39, 0.29) is 12.5 Å². The molecule has 0 aromatic carbocycles. The first-order valence-electron chi connectivity index (χ1n) is 7.07. The van der Waals surface area contributed by atoms with Crippen molar-refractivity contribution in [3.8, 4) is 0 Å². The van der Waals surface area contributed by atoms with E-state index in [0.29, 0.717) is 5.92 Å². The third-order valence-corrected chi connectivity index (χ3v) is 4.14. The molecular formula is C14H27NO2. The number of rotatable bonds is 8. The minimum Gasteiger partial charge on any atom is -0.481 e. The van der Waals surface area contributed by atoms with Crippen molar-refractivity contribution in [1.29, 1.82) is 0 Å². The van der Waals surface area contributed by atoms with E-state index < -0.39 is 5.97 Å². The second-order valence-corrected chi connectivity index (χ2v) is 5.67. The van der Waals surface area contributed by atoms with Gasteiger partial charge in [-0.3, -0.25) is 4.79 Å². The zero-order valence-electron chi connectivity index (χ0n) is 11.0. The molecule has 0 amide bonds. The molecule has 17 heavy (non-hydrogen) atoms. The summed E-state index contributed by atoms with van der Waals surface area (Å²) in [6.45, 7) is 2.07. The van der Waals surface area contributed by atoms with Gasteiger partial charge in [-0.15, -0.1) is 0 Å². The van der Waals surface area contributed by atoms with Crippen molar-refractivity contribution in [2.24, 2.45) is 17.6 Å². The molecule has 2 atom stereocenters. The lowest BCUT2D eigenvalue weighted by Gasteiger charge is -2.18. The smallest absolute Gasteiger partial charge is 0.304 e. The van der Waals surface area contributed by atoms with Gasteiger partial charge >= 0.3 is 5.97 Å². The molecule has 0 spiro atoms. The molecule has 1 fully saturated rings. The summed E-state index contributed by atoms with van der Waals surface area (Å²) in [5.74, 6) is 0.517. The molecule has 0 radical (unpaired) electrons. The normalized spacial score (nSPS) is 20.4. The summed E-state index contributed by atoms with van der Waals surface area (Å²) in [6.07, 6.45) is 10.7. The van der Waals surface area contributed by atoms with Gasteiger partial charge in [-0.05, 0) is 18.3 Å². The predicted molar refractivity (Wildman–Crippen MR) is 69.8 cm³/mol. The molecule has 1 aliphatic carbocycles. The van der Waals surface area contributed by atoms with E-state index >= 15 is 0 Å². The molecular weight excluding hydrogens is 214 g/mol. The fourth-order valence-corrected chi connectivity index (χ4v) is 2.82. The number of unbranched alkanes of at least 4 members (excludes halogenated alkanes) is 1. The molecule has 0 aliphatic heterocycles. The predicted octanol–water partition coefficient (Wildman–Crippen LogP) is 3.18. The lowest BCUT2D eigenvalue weighted by molar-refractivity contribution is -0.137. The fraction of sp³-hybridized carbons (Fsp3) is 0.929. The Morgan fingerprint density at radius 1 is 1.35 bits per heavy atom. The van der Waals surface area contributed by atoms with Gasteiger partial charge in [-0.25, -0.2) is 0 Å². The van der Waals surface area contributed by atoms with E-state index in [1.807, 2.05) is 0 Å². The Hall–Kier alpha value is -0.570. The van der Waals surface area contributed by atoms with Gasteiger partial charge in [0, 0.05) is 6.04 Å². The molecule has 3 N–H and O–H groups in total. The molecule has 1 rings (SSSR count). The van der Waals surface area contributed by atoms with Crippen molar-refractivity contribution in [2.75, 3.05) is 0 Å². The zero-order valence-corrected chi connectivity index (χ0v) is 11.0. The van der Waals surface area contributed by atoms with E-state index in [1.165, 1.54) is 44.9 Å². The Labute approximate surface area is 105 Å². The Kier molecular flexibility index (Phi) is 6.56. The van der Waals surface area contributed by atoms with Crippen LogP contribution in [0.5, 0.6) is 0 Å². The van der Waals surface area contributed by atoms with Crippen molar-refractivity contribution < 1.29 is 9.90 Å². The number of hydrogen-bond acceptors (Lipinski definition) is 2. The summed E-state index contributed by atoms with van der Waals surface area (Å²) in [6, 6.07) is -0.181. The highest BCUT2D eigenvalue weighted by molar-refractivity contribution is 5.67. The molecule has 100 valence electrons. The molecule has 1 aliphatic rings. The molecule has 0 saturated heterocycles. The zero-order chi connectivity index (χ0) is 12.7. The van der Waals surface area contributed by atoms with Crippen LogP contribution in [0, 0.1) is 11.8 Å². The van der Waals surface area contributed by atoms with E-state index in [2.05, 4.69) is 6.92 Å². The molecule has 3 heteroatoms. The Morgan fingerprint density at radius 2 is 2.00 bits per heavy atom. The average molecular weight is 241 g/mol. The topological polar surface area (TPSA) is 63.3 Å². The maximum Gasteiger partial charge on any atom is 0.304 e. The number of hydrogen-bond donors (Lipinski definition) is 2. The minimum atomic E-state index is -0.782. The lowest BCUT2D eigenvalue weighted by Crippen LogP contribution is -2.30. The summed E-state index contributed by atoms with van der Waals surface area (Å²) < 4.78 is 0. The fourth-order valence-electron chi connectivity index (χ4n) is 2.82. The highest BCUT2D eigenvalue weighted by atomic mass is 16.4. The van der Waals surface area contributed by atoms with Crippen LogP contribution in [0.4, 0.5) is 0 Å². The first-order valence-corrected chi connectivity index (χ1v) is 7.07. The standard InChI is InChI=1S/C14H27NO2/c1-11(13(15)10-14(16)17)6-2-3-7-12-8-4-5-9-12/h11-13H,2-10,15H2,1H3,(H,16,17)/t11-,13+/m0/s1. The maximum absolute atomic E-state index is 10.5. The van der Waals surface area contributed by atoms with Crippen LogP contribution in [0.25, 0.3) is 0 Å². The second kappa shape index (κ2) is 7.70. The maximum atomic E-state index is 10.5. The summed E-state index contributed by atoms with van der Waals surface area (Å²) in [7, 11) is 0. The van der Waals surface area contributed by atoms with Gasteiger partial charge in [0.25, 0.3) is 0 Å². The van der Waals surface area contributed by atoms with Crippen LogP contribution in [-0.2, 0) is 4.79 Å². The Morgan fingerprint density at radius 3 is 2.59 bits per heavy atom. The van der Waals surface area contributed by atoms with E-state index in [1.54, 1.807) is 0 Å². The number of carbonyl (C=O) groups is 1. The molecule has 0 aromatic heterocycles. The number of aliphatic carboxylic acids is 1. The van der Waals surface area contributed by atoms with Crippen molar-refractivity contribution in [2.45, 2.75) is 70.8 Å². The van der Waals surface area contributed by atoms with Crippen molar-refractivity contribution >= 4 is 5.97 Å². The summed E-state index contributed by atoms with van der Waals surface area (Å²) in [5, 5.41) is 8.67. The highest BCUT2D eigenvalue weighted by Crippen LogP contribution is 2.29. The quantitative estimate of drug-likeness (QED) is 0.641. The van der Waals surface area contributed by atoms with Gasteiger partial charge < -0.3 is 10.8 Å². The van der Waals surface area contributed by atoms with Gasteiger partial charge in [0.2, 0.25) is 0 Å². The summed E-state index contributed by atoms with van der Waals surface area (Å²) >= 11 is 0. The van der Waals surface area contributed by atoms with Gasteiger partial charge in [0.1, 0.15) is 0 Å². The molecule has 0 unspecified atom stereocenters. The Bertz CT molecular complexity index is 224. The van der Waals surface area contributed by atoms with Crippen LogP contribution in [-0.4, -0.2) is 17.1 Å². The minimum absolute atomic E-state index is 0.101. The second-order valence-electron chi connectivity index (χ2n) is 5.67. The molecule has 3 nitrogen and oxygen atoms in total. The van der Waals surface area contributed by atoms with Crippen LogP contribution in [0.2, 0.25) is 0 Å². The van der Waals surface area contributed by atoms with Crippen LogP contribution < -0.4 is 5.73 Å². The molecule has 0 heterocycles. The van der Waals surface area contributed by atoms with Gasteiger partial charge in [-0.2, -0.15) is 0 Å². The van der Waals surface area contributed by atoms with E-state index in [4.69, 9.17) is 10.8 Å². The SMILES string of the molecule is C[C@@H](CCCCC1CCCC1)[C@H](N)CC(=O)O. The third-order valence-electron chi connectivity index (χ3n) is 4.14. The number of carboxylic acids is 1. The summed E-state index contributed by atoms with van der Waals surface area (Å²) in [4.78, 5) is 10.5. The van der Waals surface area contributed by atoms with E-state index in [9.17, 15) is 4.79 Å². The third kappa shape index (κ3) is 6.06. The molecule has 0 bridgehead atoms. The van der Waals surface area contributed by atoms with Crippen LogP contribution in [0.15, 0.2) is 0 Å². The van der Waals surface area contributed by atoms with Crippen molar-refractivity contribution in [1.82, 2.24) is 0 Å². The average Bonchev–Trinajstić information content (AvgIpc) is 2.75. The van der Waals surface area contributed by atoms with Gasteiger partial charge in [0.05, 0.1) is 6.42 Å². The largest absolute Gasteiger partial charge is 0.481 e. The highest BCUT2D eigenvalue weighted by Gasteiger charge is 2.17. The van der Waals surface area contributed by atoms with Crippen molar-refractivity contribution in [3.63, 3.8) is 0 Å². The molecule has 1 saturated carbocycles.